The largest absolute Gasteiger partial charge is 0.433 e. The maximum atomic E-state index is 5.12. The highest BCUT2D eigenvalue weighted by atomic mass is 32.5. The average Bonchev–Trinajstić information content (AvgIpc) is 1.88. The molecule has 3 nitrogen and oxygen atoms in total. The molecule has 66 valence electrons. The van der Waals surface area contributed by atoms with Gasteiger partial charge in [0, 0.05) is 11.8 Å². The van der Waals surface area contributed by atoms with Crippen molar-refractivity contribution in [2.45, 2.75) is 13.8 Å². The molecule has 0 aromatic heterocycles. The van der Waals surface area contributed by atoms with Gasteiger partial charge >= 0.3 is 6.72 Å². The Labute approximate surface area is 72.6 Å². The summed E-state index contributed by atoms with van der Waals surface area (Å²) in [7, 11) is 0. The van der Waals surface area contributed by atoms with Crippen LogP contribution in [0.15, 0.2) is 12.8 Å². The Morgan fingerprint density at radius 1 is 1.36 bits per heavy atom. The van der Waals surface area contributed by atoms with Crippen molar-refractivity contribution >= 4 is 18.5 Å². The lowest BCUT2D eigenvalue weighted by molar-refractivity contribution is 0.204. The third-order valence-electron chi connectivity index (χ3n) is 0.778. The molecule has 0 rings (SSSR count). The molecule has 0 aromatic rings. The third kappa shape index (κ3) is 4.53. The lowest BCUT2D eigenvalue weighted by atomic mass is 10.9. The van der Waals surface area contributed by atoms with Gasteiger partial charge in [-0.15, -0.1) is 0 Å². The predicted molar refractivity (Wildman–Crippen MR) is 48.8 cm³/mol. The quantitative estimate of drug-likeness (QED) is 0.481. The maximum Gasteiger partial charge on any atom is 0.379 e. The first-order valence-corrected chi connectivity index (χ1v) is 5.92. The Balaban J connectivity index is 4.01. The molecule has 0 amide bonds. The fraction of sp³-hybridized carbons (Fsp3) is 0.667. The van der Waals surface area contributed by atoms with Gasteiger partial charge in [0.1, 0.15) is 0 Å². The second-order valence-corrected chi connectivity index (χ2v) is 4.52. The summed E-state index contributed by atoms with van der Waals surface area (Å²) >= 11 is 4.97. The van der Waals surface area contributed by atoms with E-state index in [1.54, 1.807) is 0 Å². The predicted octanol–water partition coefficient (Wildman–Crippen LogP) is 2.44. The van der Waals surface area contributed by atoms with E-state index in [9.17, 15) is 0 Å². The van der Waals surface area contributed by atoms with Crippen LogP contribution in [0.1, 0.15) is 13.8 Å². The molecule has 0 saturated carbocycles. The summed E-state index contributed by atoms with van der Waals surface area (Å²) < 4.78 is 15.2. The molecule has 5 heteroatoms. The van der Waals surface area contributed by atoms with E-state index in [0.717, 1.165) is 0 Å². The van der Waals surface area contributed by atoms with E-state index in [1.165, 1.54) is 6.26 Å². The zero-order valence-electron chi connectivity index (χ0n) is 6.78. The van der Waals surface area contributed by atoms with E-state index in [4.69, 9.17) is 25.4 Å². The third-order valence-corrected chi connectivity index (χ3v) is 3.22. The lowest BCUT2D eigenvalue weighted by Gasteiger charge is -2.18. The summed E-state index contributed by atoms with van der Waals surface area (Å²) in [6.45, 7) is 5.55. The van der Waals surface area contributed by atoms with Crippen LogP contribution < -0.4 is 0 Å². The van der Waals surface area contributed by atoms with Gasteiger partial charge in [-0.3, -0.25) is 9.05 Å². The SMILES string of the molecule is C=COP(=S)(OCC)OCC. The van der Waals surface area contributed by atoms with Gasteiger partial charge in [-0.25, -0.2) is 0 Å². The fourth-order valence-corrected chi connectivity index (χ4v) is 2.33. The highest BCUT2D eigenvalue weighted by Crippen LogP contribution is 2.49. The van der Waals surface area contributed by atoms with Crippen molar-refractivity contribution in [3.8, 4) is 0 Å². The molecule has 0 fully saturated rings. The molecule has 0 aliphatic heterocycles. The molecule has 0 heterocycles. The highest BCUT2D eigenvalue weighted by Gasteiger charge is 2.17. The van der Waals surface area contributed by atoms with Gasteiger partial charge in [0.25, 0.3) is 0 Å². The van der Waals surface area contributed by atoms with E-state index in [-0.39, 0.29) is 0 Å². The molecule has 0 radical (unpaired) electrons. The molecule has 0 aliphatic rings. The molecule has 0 atom stereocenters. The van der Waals surface area contributed by atoms with E-state index < -0.39 is 6.72 Å². The van der Waals surface area contributed by atoms with E-state index in [0.29, 0.717) is 13.2 Å². The molecular weight excluding hydrogens is 183 g/mol. The van der Waals surface area contributed by atoms with Gasteiger partial charge in [0.15, 0.2) is 0 Å². The van der Waals surface area contributed by atoms with Gasteiger partial charge in [0.2, 0.25) is 0 Å². The van der Waals surface area contributed by atoms with Gasteiger partial charge in [-0.05, 0) is 13.8 Å². The van der Waals surface area contributed by atoms with Crippen molar-refractivity contribution in [2.24, 2.45) is 0 Å². The minimum absolute atomic E-state index is 0.491. The van der Waals surface area contributed by atoms with Crippen molar-refractivity contribution in [3.63, 3.8) is 0 Å². The monoisotopic (exact) mass is 196 g/mol. The van der Waals surface area contributed by atoms with Crippen LogP contribution in [0.25, 0.3) is 0 Å². The molecule has 0 aliphatic carbocycles. The molecule has 11 heavy (non-hydrogen) atoms. The normalized spacial score (nSPS) is 11.1. The second kappa shape index (κ2) is 5.72. The summed E-state index contributed by atoms with van der Waals surface area (Å²) in [5.41, 5.74) is 0. The van der Waals surface area contributed by atoms with Crippen LogP contribution in [0.3, 0.4) is 0 Å². The standard InChI is InChI=1S/C6H13O3PS/c1-4-7-10(11,8-5-2)9-6-3/h4H,1,5-6H2,2-3H3. The van der Waals surface area contributed by atoms with Crippen LogP contribution in [-0.4, -0.2) is 13.2 Å². The van der Waals surface area contributed by atoms with Crippen molar-refractivity contribution in [1.29, 1.82) is 0 Å². The molecule has 0 unspecified atom stereocenters. The zero-order chi connectivity index (χ0) is 8.74. The molecule has 0 bridgehead atoms. The van der Waals surface area contributed by atoms with Crippen LogP contribution >= 0.6 is 6.72 Å². The van der Waals surface area contributed by atoms with E-state index in [1.807, 2.05) is 13.8 Å². The van der Waals surface area contributed by atoms with Crippen LogP contribution in [0.2, 0.25) is 0 Å². The number of rotatable bonds is 6. The summed E-state index contributed by atoms with van der Waals surface area (Å²) in [5, 5.41) is 0. The maximum absolute atomic E-state index is 5.12. The van der Waals surface area contributed by atoms with Crippen molar-refractivity contribution in [1.82, 2.24) is 0 Å². The van der Waals surface area contributed by atoms with Crippen LogP contribution in [0.4, 0.5) is 0 Å². The Kier molecular flexibility index (Phi) is 5.78. The smallest absolute Gasteiger partial charge is 0.379 e. The first-order valence-electron chi connectivity index (χ1n) is 3.37. The van der Waals surface area contributed by atoms with Crippen LogP contribution in [0, 0.1) is 0 Å². The van der Waals surface area contributed by atoms with Crippen molar-refractivity contribution in [3.05, 3.63) is 12.8 Å². The first kappa shape index (κ1) is 11.1. The first-order chi connectivity index (χ1) is 5.18. The Hall–Kier alpha value is 0.110. The lowest BCUT2D eigenvalue weighted by Crippen LogP contribution is -1.95. The van der Waals surface area contributed by atoms with E-state index >= 15 is 0 Å². The topological polar surface area (TPSA) is 27.7 Å². The molecule has 0 aromatic carbocycles. The van der Waals surface area contributed by atoms with Gasteiger partial charge in [-0.1, -0.05) is 6.58 Å². The second-order valence-electron chi connectivity index (χ2n) is 1.55. The molecular formula is C6H13O3PS. The van der Waals surface area contributed by atoms with Crippen molar-refractivity contribution in [2.75, 3.05) is 13.2 Å². The fourth-order valence-electron chi connectivity index (χ4n) is 0.506. The molecule has 0 spiro atoms. The summed E-state index contributed by atoms with van der Waals surface area (Å²) in [5.74, 6) is 0. The molecule has 0 N–H and O–H groups in total. The Bertz CT molecular complexity index is 150. The summed E-state index contributed by atoms with van der Waals surface area (Å²) in [4.78, 5) is 0. The van der Waals surface area contributed by atoms with Crippen LogP contribution in [0.5, 0.6) is 0 Å². The van der Waals surface area contributed by atoms with E-state index in [2.05, 4.69) is 6.58 Å². The van der Waals surface area contributed by atoms with Gasteiger partial charge in [-0.2, -0.15) is 0 Å². The Morgan fingerprint density at radius 2 is 1.82 bits per heavy atom. The minimum atomic E-state index is -2.50. The number of hydrogen-bond acceptors (Lipinski definition) is 4. The number of hydrogen-bond donors (Lipinski definition) is 0. The highest BCUT2D eigenvalue weighted by molar-refractivity contribution is 8.07. The van der Waals surface area contributed by atoms with Gasteiger partial charge in [0.05, 0.1) is 19.5 Å². The summed E-state index contributed by atoms with van der Waals surface area (Å²) in [6, 6.07) is 0. The minimum Gasteiger partial charge on any atom is -0.433 e. The van der Waals surface area contributed by atoms with Crippen LogP contribution in [-0.2, 0) is 25.4 Å². The molecule has 0 saturated heterocycles. The summed E-state index contributed by atoms with van der Waals surface area (Å²) in [6.07, 6.45) is 1.26. The Morgan fingerprint density at radius 3 is 2.09 bits per heavy atom. The average molecular weight is 196 g/mol. The zero-order valence-corrected chi connectivity index (χ0v) is 8.49. The van der Waals surface area contributed by atoms with Gasteiger partial charge < -0.3 is 4.52 Å². The van der Waals surface area contributed by atoms with Crippen molar-refractivity contribution < 1.29 is 13.6 Å².